The van der Waals surface area contributed by atoms with Crippen LogP contribution in [-0.4, -0.2) is 87.9 Å². The molecule has 3 aliphatic heterocycles. The highest BCUT2D eigenvalue weighted by Crippen LogP contribution is 2.38. The first kappa shape index (κ1) is 21.2. The number of morpholine rings is 1. The number of nitrogens with zero attached hydrogens (tertiary/aromatic N) is 8. The number of aromatic nitrogens is 5. The minimum atomic E-state index is 0.302. The zero-order chi connectivity index (χ0) is 22.3. The van der Waals surface area contributed by atoms with Gasteiger partial charge in [-0.1, -0.05) is 12.1 Å². The molecule has 0 bridgehead atoms. The summed E-state index contributed by atoms with van der Waals surface area (Å²) in [6.07, 6.45) is 7.22. The quantitative estimate of drug-likeness (QED) is 0.546. The van der Waals surface area contributed by atoms with E-state index in [9.17, 15) is 0 Å². The lowest BCUT2D eigenvalue weighted by atomic mass is 9.82. The molecular weight excluding hydrogens is 436 g/mol. The van der Waals surface area contributed by atoms with Crippen molar-refractivity contribution in [1.29, 1.82) is 0 Å². The van der Waals surface area contributed by atoms with Gasteiger partial charge in [-0.3, -0.25) is 9.58 Å². The van der Waals surface area contributed by atoms with Crippen molar-refractivity contribution in [1.82, 2.24) is 29.9 Å². The molecule has 3 saturated heterocycles. The standard InChI is InChI=1S/C23H32N8OS/c1-2-23(30-10-12-32-13-11-30)4-7-28(8-5-23)20-19-3-14-33-21(19)26-22(25-20)29-15-18(16-29)17-31-9-6-24-27-31/h3,6,9,14,18H,2,4-5,7-8,10-13,15-17H2,1H3. The number of hydrogen-bond donors (Lipinski definition) is 0. The van der Waals surface area contributed by atoms with Crippen LogP contribution in [0.4, 0.5) is 11.8 Å². The maximum Gasteiger partial charge on any atom is 0.228 e. The second kappa shape index (κ2) is 8.81. The van der Waals surface area contributed by atoms with Gasteiger partial charge in [0.25, 0.3) is 0 Å². The van der Waals surface area contributed by atoms with Gasteiger partial charge in [-0.2, -0.15) is 4.98 Å². The summed E-state index contributed by atoms with van der Waals surface area (Å²) in [5.41, 5.74) is 0.302. The number of hydrogen-bond acceptors (Lipinski definition) is 9. The topological polar surface area (TPSA) is 75.4 Å². The smallest absolute Gasteiger partial charge is 0.228 e. The third-order valence-electron chi connectivity index (χ3n) is 7.78. The normalized spacial score (nSPS) is 22.1. The molecule has 0 atom stereocenters. The van der Waals surface area contributed by atoms with Crippen LogP contribution in [0.25, 0.3) is 10.2 Å². The van der Waals surface area contributed by atoms with Crippen LogP contribution in [-0.2, 0) is 11.3 Å². The van der Waals surface area contributed by atoms with Gasteiger partial charge in [0.1, 0.15) is 10.6 Å². The lowest BCUT2D eigenvalue weighted by Crippen LogP contribution is -2.58. The van der Waals surface area contributed by atoms with E-state index in [0.717, 1.165) is 75.6 Å². The Hall–Kier alpha value is -2.30. The molecule has 3 aliphatic rings. The van der Waals surface area contributed by atoms with Crippen molar-refractivity contribution in [2.24, 2.45) is 5.92 Å². The fourth-order valence-electron chi connectivity index (χ4n) is 5.72. The van der Waals surface area contributed by atoms with Crippen LogP contribution in [0.3, 0.4) is 0 Å². The van der Waals surface area contributed by atoms with E-state index >= 15 is 0 Å². The summed E-state index contributed by atoms with van der Waals surface area (Å²) >= 11 is 1.71. The summed E-state index contributed by atoms with van der Waals surface area (Å²) in [6.45, 7) is 11.1. The molecule has 0 radical (unpaired) electrons. The van der Waals surface area contributed by atoms with Gasteiger partial charge in [0.15, 0.2) is 0 Å². The molecule has 3 aromatic rings. The molecule has 176 valence electrons. The zero-order valence-corrected chi connectivity index (χ0v) is 20.1. The van der Waals surface area contributed by atoms with Crippen molar-refractivity contribution in [2.75, 3.05) is 62.3 Å². The lowest BCUT2D eigenvalue weighted by Gasteiger charge is -2.50. The van der Waals surface area contributed by atoms with Gasteiger partial charge in [-0.15, -0.1) is 16.4 Å². The van der Waals surface area contributed by atoms with E-state index in [-0.39, 0.29) is 0 Å². The van der Waals surface area contributed by atoms with Crippen LogP contribution in [0.15, 0.2) is 23.8 Å². The van der Waals surface area contributed by atoms with E-state index in [1.54, 1.807) is 17.5 Å². The largest absolute Gasteiger partial charge is 0.379 e. The van der Waals surface area contributed by atoms with E-state index in [1.165, 1.54) is 24.6 Å². The number of rotatable bonds is 6. The third-order valence-corrected chi connectivity index (χ3v) is 8.59. The highest BCUT2D eigenvalue weighted by Gasteiger charge is 2.40. The predicted octanol–water partition coefficient (Wildman–Crippen LogP) is 2.50. The van der Waals surface area contributed by atoms with Gasteiger partial charge in [0.05, 0.1) is 24.8 Å². The predicted molar refractivity (Wildman–Crippen MR) is 130 cm³/mol. The molecule has 0 aliphatic carbocycles. The number of piperidine rings is 1. The SMILES string of the molecule is CCC1(N2CCOCC2)CCN(c2nc(N3CC(Cn4ccnn4)C3)nc3sccc23)CC1. The van der Waals surface area contributed by atoms with E-state index in [0.29, 0.717) is 11.5 Å². The Labute approximate surface area is 198 Å². The fourth-order valence-corrected chi connectivity index (χ4v) is 6.47. The summed E-state index contributed by atoms with van der Waals surface area (Å²) < 4.78 is 7.53. The second-order valence-electron chi connectivity index (χ2n) is 9.55. The Balaban J connectivity index is 1.18. The third kappa shape index (κ3) is 3.98. The average molecular weight is 469 g/mol. The Morgan fingerprint density at radius 1 is 1.09 bits per heavy atom. The molecule has 6 heterocycles. The van der Waals surface area contributed by atoms with Crippen molar-refractivity contribution < 1.29 is 4.74 Å². The molecular formula is C23H32N8OS. The van der Waals surface area contributed by atoms with E-state index in [4.69, 9.17) is 14.7 Å². The number of thiophene rings is 1. The highest BCUT2D eigenvalue weighted by atomic mass is 32.1. The Morgan fingerprint density at radius 2 is 1.91 bits per heavy atom. The Bertz CT molecular complexity index is 1070. The number of fused-ring (bicyclic) bond motifs is 1. The fraction of sp³-hybridized carbons (Fsp3) is 0.652. The molecule has 0 saturated carbocycles. The molecule has 0 spiro atoms. The first-order chi connectivity index (χ1) is 16.2. The molecule has 0 aromatic carbocycles. The first-order valence-corrected chi connectivity index (χ1v) is 13.0. The maximum atomic E-state index is 5.62. The second-order valence-corrected chi connectivity index (χ2v) is 10.4. The van der Waals surface area contributed by atoms with Gasteiger partial charge in [0.2, 0.25) is 5.95 Å². The molecule has 3 fully saturated rings. The lowest BCUT2D eigenvalue weighted by molar-refractivity contribution is -0.0340. The first-order valence-electron chi connectivity index (χ1n) is 12.2. The van der Waals surface area contributed by atoms with Crippen molar-refractivity contribution in [2.45, 2.75) is 38.3 Å². The summed E-state index contributed by atoms with van der Waals surface area (Å²) in [5, 5.41) is 11.3. The van der Waals surface area contributed by atoms with Gasteiger partial charge in [-0.05, 0) is 30.7 Å². The molecule has 33 heavy (non-hydrogen) atoms. The van der Waals surface area contributed by atoms with Crippen molar-refractivity contribution >= 4 is 33.3 Å². The summed E-state index contributed by atoms with van der Waals surface area (Å²) in [7, 11) is 0. The molecule has 9 nitrogen and oxygen atoms in total. The summed E-state index contributed by atoms with van der Waals surface area (Å²) in [6, 6.07) is 2.19. The minimum Gasteiger partial charge on any atom is -0.379 e. The molecule has 0 N–H and O–H groups in total. The Kier molecular flexibility index (Phi) is 5.67. The van der Waals surface area contributed by atoms with Crippen LogP contribution >= 0.6 is 11.3 Å². The van der Waals surface area contributed by atoms with Crippen molar-refractivity contribution in [3.05, 3.63) is 23.8 Å². The van der Waals surface area contributed by atoms with Crippen LogP contribution in [0, 0.1) is 5.92 Å². The molecule has 10 heteroatoms. The molecule has 6 rings (SSSR count). The van der Waals surface area contributed by atoms with Gasteiger partial charge >= 0.3 is 0 Å². The number of anilines is 2. The van der Waals surface area contributed by atoms with E-state index in [1.807, 2.05) is 10.9 Å². The monoisotopic (exact) mass is 468 g/mol. The Morgan fingerprint density at radius 3 is 2.64 bits per heavy atom. The van der Waals surface area contributed by atoms with E-state index in [2.05, 4.69) is 43.4 Å². The van der Waals surface area contributed by atoms with Crippen LogP contribution < -0.4 is 9.80 Å². The van der Waals surface area contributed by atoms with Gasteiger partial charge < -0.3 is 14.5 Å². The highest BCUT2D eigenvalue weighted by molar-refractivity contribution is 7.16. The van der Waals surface area contributed by atoms with Crippen LogP contribution in [0.2, 0.25) is 0 Å². The molecule has 0 amide bonds. The van der Waals surface area contributed by atoms with Crippen molar-refractivity contribution in [3.8, 4) is 0 Å². The average Bonchev–Trinajstić information content (AvgIpc) is 3.53. The summed E-state index contributed by atoms with van der Waals surface area (Å²) in [5.74, 6) is 2.55. The maximum absolute atomic E-state index is 5.62. The van der Waals surface area contributed by atoms with Gasteiger partial charge in [0, 0.05) is 63.5 Å². The van der Waals surface area contributed by atoms with E-state index < -0.39 is 0 Å². The van der Waals surface area contributed by atoms with Gasteiger partial charge in [-0.25, -0.2) is 4.98 Å². The van der Waals surface area contributed by atoms with Crippen LogP contribution in [0.5, 0.6) is 0 Å². The van der Waals surface area contributed by atoms with Crippen LogP contribution in [0.1, 0.15) is 26.2 Å². The minimum absolute atomic E-state index is 0.302. The van der Waals surface area contributed by atoms with Crippen molar-refractivity contribution in [3.63, 3.8) is 0 Å². The zero-order valence-electron chi connectivity index (χ0n) is 19.3. The molecule has 3 aromatic heterocycles. The summed E-state index contributed by atoms with van der Waals surface area (Å²) in [4.78, 5) is 18.6. The molecule has 0 unspecified atom stereocenters. The number of ether oxygens (including phenoxy) is 1.